The molecule has 0 unspecified atom stereocenters. The number of rotatable bonds is 5. The van der Waals surface area contributed by atoms with Crippen LogP contribution in [0.4, 0.5) is 0 Å². The summed E-state index contributed by atoms with van der Waals surface area (Å²) in [4.78, 5) is 18.8. The largest absolute Gasteiger partial charge is 0.357 e. The first-order valence-electron chi connectivity index (χ1n) is 8.48. The summed E-state index contributed by atoms with van der Waals surface area (Å²) in [6, 6.07) is 9.91. The zero-order valence-electron chi connectivity index (χ0n) is 14.8. The zero-order valence-corrected chi connectivity index (χ0v) is 15.7. The van der Waals surface area contributed by atoms with Gasteiger partial charge < -0.3 is 15.5 Å². The molecule has 5 nitrogen and oxygen atoms in total. The van der Waals surface area contributed by atoms with E-state index < -0.39 is 0 Å². The Bertz CT molecular complexity index is 559. The molecule has 1 fully saturated rings. The molecule has 0 aromatic heterocycles. The monoisotopic (exact) mass is 348 g/mol. The van der Waals surface area contributed by atoms with Crippen molar-refractivity contribution in [2.24, 2.45) is 4.99 Å². The van der Waals surface area contributed by atoms with Crippen molar-refractivity contribution in [2.45, 2.75) is 32.1 Å². The number of carbonyl (C=O) groups is 1. The van der Waals surface area contributed by atoms with E-state index in [1.165, 1.54) is 0 Å². The molecule has 0 spiro atoms. The van der Waals surface area contributed by atoms with Gasteiger partial charge in [-0.1, -0.05) is 30.3 Å². The summed E-state index contributed by atoms with van der Waals surface area (Å²) in [6.45, 7) is 9.95. The van der Waals surface area contributed by atoms with Gasteiger partial charge in [0, 0.05) is 36.7 Å². The minimum Gasteiger partial charge on any atom is -0.357 e. The van der Waals surface area contributed by atoms with Crippen LogP contribution in [-0.4, -0.2) is 53.4 Å². The van der Waals surface area contributed by atoms with E-state index in [-0.39, 0.29) is 17.2 Å². The first-order valence-corrected chi connectivity index (χ1v) is 9.46. The minimum atomic E-state index is -0.0556. The average molecular weight is 349 g/mol. The Morgan fingerprint density at radius 1 is 1.29 bits per heavy atom. The van der Waals surface area contributed by atoms with Gasteiger partial charge in [-0.05, 0) is 26.3 Å². The Morgan fingerprint density at radius 3 is 2.71 bits per heavy atom. The smallest absolute Gasteiger partial charge is 0.242 e. The van der Waals surface area contributed by atoms with Gasteiger partial charge in [0.25, 0.3) is 0 Å². The number of nitrogens with zero attached hydrogens (tertiary/aromatic N) is 2. The van der Waals surface area contributed by atoms with E-state index >= 15 is 0 Å². The quantitative estimate of drug-likeness (QED) is 0.632. The van der Waals surface area contributed by atoms with Gasteiger partial charge in [-0.25, -0.2) is 4.99 Å². The number of thioether (sulfide) groups is 1. The molecule has 6 heteroatoms. The van der Waals surface area contributed by atoms with Crippen LogP contribution < -0.4 is 10.6 Å². The third-order valence-electron chi connectivity index (χ3n) is 3.77. The van der Waals surface area contributed by atoms with E-state index in [0.29, 0.717) is 6.54 Å². The van der Waals surface area contributed by atoms with E-state index in [4.69, 9.17) is 0 Å². The lowest BCUT2D eigenvalue weighted by Gasteiger charge is -2.39. The summed E-state index contributed by atoms with van der Waals surface area (Å²) in [6.07, 6.45) is 0. The molecule has 1 heterocycles. The molecule has 0 atom stereocenters. The van der Waals surface area contributed by atoms with Gasteiger partial charge in [-0.15, -0.1) is 0 Å². The molecule has 1 aromatic rings. The standard InChI is InChI=1S/C18H28N4OS/c1-4-19-17(22-10-11-24-18(2,3)14-22)21-13-16(23)20-12-15-8-6-5-7-9-15/h5-9H,4,10-14H2,1-3H3,(H,19,21)(H,20,23). The van der Waals surface area contributed by atoms with Crippen LogP contribution in [0.25, 0.3) is 0 Å². The third kappa shape index (κ3) is 6.07. The molecular weight excluding hydrogens is 320 g/mol. The van der Waals surface area contributed by atoms with Crippen molar-refractivity contribution in [1.29, 1.82) is 0 Å². The topological polar surface area (TPSA) is 56.7 Å². The molecule has 1 amide bonds. The highest BCUT2D eigenvalue weighted by atomic mass is 32.2. The van der Waals surface area contributed by atoms with E-state index in [9.17, 15) is 4.79 Å². The number of guanidine groups is 1. The molecule has 2 rings (SSSR count). The van der Waals surface area contributed by atoms with Crippen LogP contribution in [-0.2, 0) is 11.3 Å². The Kier molecular flexibility index (Phi) is 6.97. The fourth-order valence-corrected chi connectivity index (χ4v) is 3.73. The maximum Gasteiger partial charge on any atom is 0.242 e. The first kappa shape index (κ1) is 18.6. The van der Waals surface area contributed by atoms with Gasteiger partial charge in [-0.3, -0.25) is 4.79 Å². The van der Waals surface area contributed by atoms with Gasteiger partial charge in [-0.2, -0.15) is 11.8 Å². The van der Waals surface area contributed by atoms with E-state index in [1.807, 2.05) is 42.1 Å². The van der Waals surface area contributed by atoms with Crippen LogP contribution in [0.3, 0.4) is 0 Å². The van der Waals surface area contributed by atoms with Crippen LogP contribution in [0.2, 0.25) is 0 Å². The van der Waals surface area contributed by atoms with Gasteiger partial charge in [0.1, 0.15) is 6.54 Å². The van der Waals surface area contributed by atoms with Crippen molar-refractivity contribution in [3.63, 3.8) is 0 Å². The summed E-state index contributed by atoms with van der Waals surface area (Å²) in [5.41, 5.74) is 1.09. The lowest BCUT2D eigenvalue weighted by Crippen LogP contribution is -2.51. The van der Waals surface area contributed by atoms with Gasteiger partial charge in [0.05, 0.1) is 0 Å². The number of hydrogen-bond donors (Lipinski definition) is 2. The summed E-state index contributed by atoms with van der Waals surface area (Å²) < 4.78 is 0.212. The van der Waals surface area contributed by atoms with Gasteiger partial charge in [0.2, 0.25) is 5.91 Å². The van der Waals surface area contributed by atoms with Crippen LogP contribution >= 0.6 is 11.8 Å². The molecule has 1 aromatic carbocycles. The van der Waals surface area contributed by atoms with Crippen molar-refractivity contribution in [3.8, 4) is 0 Å². The Morgan fingerprint density at radius 2 is 2.04 bits per heavy atom. The predicted molar refractivity (Wildman–Crippen MR) is 102 cm³/mol. The van der Waals surface area contributed by atoms with Crippen molar-refractivity contribution < 1.29 is 4.79 Å². The third-order valence-corrected chi connectivity index (χ3v) is 5.06. The van der Waals surface area contributed by atoms with Gasteiger partial charge >= 0.3 is 0 Å². The Hall–Kier alpha value is -1.69. The predicted octanol–water partition coefficient (Wildman–Crippen LogP) is 2.10. The molecule has 24 heavy (non-hydrogen) atoms. The highest BCUT2D eigenvalue weighted by molar-refractivity contribution is 8.00. The second-order valence-electron chi connectivity index (χ2n) is 6.46. The van der Waals surface area contributed by atoms with Crippen molar-refractivity contribution in [3.05, 3.63) is 35.9 Å². The van der Waals surface area contributed by atoms with Crippen molar-refractivity contribution in [2.75, 3.05) is 31.9 Å². The first-order chi connectivity index (χ1) is 11.5. The molecular formula is C18H28N4OS. The van der Waals surface area contributed by atoms with Crippen molar-refractivity contribution >= 4 is 23.6 Å². The fraction of sp³-hybridized carbons (Fsp3) is 0.556. The maximum absolute atomic E-state index is 12.1. The summed E-state index contributed by atoms with van der Waals surface area (Å²) in [7, 11) is 0. The Labute approximate surface area is 149 Å². The fourth-order valence-electron chi connectivity index (χ4n) is 2.62. The minimum absolute atomic E-state index is 0.0556. The molecule has 132 valence electrons. The molecule has 0 radical (unpaired) electrons. The molecule has 1 saturated heterocycles. The highest BCUT2D eigenvalue weighted by Gasteiger charge is 2.28. The van der Waals surface area contributed by atoms with Crippen molar-refractivity contribution in [1.82, 2.24) is 15.5 Å². The molecule has 0 bridgehead atoms. The number of carbonyl (C=O) groups excluding carboxylic acids is 1. The molecule has 0 aliphatic carbocycles. The van der Waals surface area contributed by atoms with E-state index in [1.54, 1.807) is 0 Å². The lowest BCUT2D eigenvalue weighted by molar-refractivity contribution is -0.119. The number of amides is 1. The average Bonchev–Trinajstić information content (AvgIpc) is 2.56. The van der Waals surface area contributed by atoms with Crippen LogP contribution in [0.1, 0.15) is 26.3 Å². The second-order valence-corrected chi connectivity index (χ2v) is 8.26. The zero-order chi connectivity index (χ0) is 17.4. The van der Waals surface area contributed by atoms with Crippen LogP contribution in [0.5, 0.6) is 0 Å². The van der Waals surface area contributed by atoms with Gasteiger partial charge in [0.15, 0.2) is 5.96 Å². The molecule has 0 saturated carbocycles. The maximum atomic E-state index is 12.1. The number of nitrogens with one attached hydrogen (secondary N) is 2. The number of benzene rings is 1. The summed E-state index contributed by atoms with van der Waals surface area (Å²) in [5.74, 6) is 1.86. The van der Waals surface area contributed by atoms with E-state index in [0.717, 1.165) is 36.9 Å². The summed E-state index contributed by atoms with van der Waals surface area (Å²) >= 11 is 1.99. The number of hydrogen-bond acceptors (Lipinski definition) is 3. The molecule has 2 N–H and O–H groups in total. The summed E-state index contributed by atoms with van der Waals surface area (Å²) in [5, 5.41) is 6.23. The number of aliphatic imine (C=N–C) groups is 1. The SMILES string of the molecule is CCNC(=NCC(=O)NCc1ccccc1)N1CCSC(C)(C)C1. The molecule has 1 aliphatic rings. The van der Waals surface area contributed by atoms with E-state index in [2.05, 4.69) is 41.3 Å². The van der Waals surface area contributed by atoms with Crippen LogP contribution in [0.15, 0.2) is 35.3 Å². The Balaban J connectivity index is 1.89. The van der Waals surface area contributed by atoms with Crippen LogP contribution in [0, 0.1) is 0 Å². The second kappa shape index (κ2) is 8.97. The lowest BCUT2D eigenvalue weighted by atomic mass is 10.2. The molecule has 1 aliphatic heterocycles. The normalized spacial score (nSPS) is 17.5. The highest BCUT2D eigenvalue weighted by Crippen LogP contribution is 2.29.